The number of nitrogens with zero attached hydrogens (tertiary/aromatic N) is 4. The van der Waals surface area contributed by atoms with E-state index < -0.39 is 0 Å². The second kappa shape index (κ2) is 7.44. The molecule has 0 saturated carbocycles. The Bertz CT molecular complexity index is 752. The lowest BCUT2D eigenvalue weighted by atomic mass is 10.0. The maximum atomic E-state index is 14.2. The van der Waals surface area contributed by atoms with Crippen molar-refractivity contribution in [3.8, 4) is 5.88 Å². The molecule has 6 heteroatoms. The van der Waals surface area contributed by atoms with Crippen molar-refractivity contribution in [2.24, 2.45) is 5.92 Å². The first-order valence-corrected chi connectivity index (χ1v) is 8.71. The van der Waals surface area contributed by atoms with Gasteiger partial charge in [-0.05, 0) is 52.1 Å². The molecule has 1 fully saturated rings. The minimum atomic E-state index is -0.281. The summed E-state index contributed by atoms with van der Waals surface area (Å²) in [5.41, 5.74) is 3.47. The molecule has 1 aliphatic rings. The van der Waals surface area contributed by atoms with E-state index >= 15 is 0 Å². The number of hydrogen-bond acceptors (Lipinski definition) is 5. The topological polar surface area (TPSA) is 51.1 Å². The summed E-state index contributed by atoms with van der Waals surface area (Å²) in [5.74, 6) is 0.674. The Balaban J connectivity index is 1.68. The Labute approximate surface area is 148 Å². The van der Waals surface area contributed by atoms with Crippen LogP contribution >= 0.6 is 0 Å². The maximum absolute atomic E-state index is 14.2. The highest BCUT2D eigenvalue weighted by Crippen LogP contribution is 2.30. The molecular weight excluding hydrogens is 319 g/mol. The summed E-state index contributed by atoms with van der Waals surface area (Å²) in [6, 6.07) is 2.90. The predicted molar refractivity (Wildman–Crippen MR) is 94.1 cm³/mol. The first-order valence-electron chi connectivity index (χ1n) is 8.71. The SMILES string of the molecule is COc1ccc(F)c(C(C)N2CCC(Cc3ncc(C)nc3C)C2)n1. The summed E-state index contributed by atoms with van der Waals surface area (Å²) in [7, 11) is 1.55. The normalized spacial score (nSPS) is 19.2. The summed E-state index contributed by atoms with van der Waals surface area (Å²) in [4.78, 5) is 15.6. The minimum Gasteiger partial charge on any atom is -0.481 e. The third kappa shape index (κ3) is 3.95. The van der Waals surface area contributed by atoms with E-state index in [1.165, 1.54) is 6.07 Å². The van der Waals surface area contributed by atoms with Crippen molar-refractivity contribution in [3.63, 3.8) is 0 Å². The first kappa shape index (κ1) is 17.7. The number of rotatable bonds is 5. The van der Waals surface area contributed by atoms with Crippen LogP contribution in [-0.2, 0) is 6.42 Å². The van der Waals surface area contributed by atoms with E-state index in [0.717, 1.165) is 43.0 Å². The van der Waals surface area contributed by atoms with Gasteiger partial charge >= 0.3 is 0 Å². The van der Waals surface area contributed by atoms with Gasteiger partial charge in [-0.1, -0.05) is 0 Å². The summed E-state index contributed by atoms with van der Waals surface area (Å²) in [6.07, 6.45) is 3.81. The molecule has 134 valence electrons. The molecule has 2 aromatic heterocycles. The molecule has 1 aliphatic heterocycles. The summed E-state index contributed by atoms with van der Waals surface area (Å²) in [6.45, 7) is 7.82. The van der Waals surface area contributed by atoms with Crippen molar-refractivity contribution < 1.29 is 9.13 Å². The molecule has 0 radical (unpaired) electrons. The Morgan fingerprint density at radius 1 is 1.32 bits per heavy atom. The lowest BCUT2D eigenvalue weighted by Crippen LogP contribution is -2.26. The van der Waals surface area contributed by atoms with Gasteiger partial charge in [0.15, 0.2) is 0 Å². The van der Waals surface area contributed by atoms with E-state index in [1.807, 2.05) is 27.0 Å². The van der Waals surface area contributed by atoms with Crippen LogP contribution in [0.15, 0.2) is 18.3 Å². The van der Waals surface area contributed by atoms with E-state index in [2.05, 4.69) is 19.9 Å². The van der Waals surface area contributed by atoms with Crippen molar-refractivity contribution in [3.05, 3.63) is 46.9 Å². The molecular formula is C19H25FN4O. The van der Waals surface area contributed by atoms with E-state index in [1.54, 1.807) is 13.2 Å². The summed E-state index contributed by atoms with van der Waals surface area (Å²) >= 11 is 0. The number of likely N-dealkylation sites (tertiary alicyclic amines) is 1. The third-order valence-electron chi connectivity index (χ3n) is 4.97. The van der Waals surface area contributed by atoms with Gasteiger partial charge in [-0.3, -0.25) is 14.9 Å². The highest BCUT2D eigenvalue weighted by Gasteiger charge is 2.29. The molecule has 0 spiro atoms. The second-order valence-corrected chi connectivity index (χ2v) is 6.79. The average Bonchev–Trinajstić information content (AvgIpc) is 3.06. The molecule has 2 atom stereocenters. The van der Waals surface area contributed by atoms with Crippen LogP contribution in [-0.4, -0.2) is 40.1 Å². The van der Waals surface area contributed by atoms with Crippen molar-refractivity contribution in [2.45, 2.75) is 39.7 Å². The largest absolute Gasteiger partial charge is 0.481 e. The van der Waals surface area contributed by atoms with Gasteiger partial charge in [0.2, 0.25) is 5.88 Å². The van der Waals surface area contributed by atoms with E-state index in [-0.39, 0.29) is 11.9 Å². The Kier molecular flexibility index (Phi) is 5.27. The predicted octanol–water partition coefficient (Wildman–Crippen LogP) is 3.26. The lowest BCUT2D eigenvalue weighted by Gasteiger charge is -2.24. The summed E-state index contributed by atoms with van der Waals surface area (Å²) in [5, 5.41) is 0. The zero-order chi connectivity index (χ0) is 18.0. The van der Waals surface area contributed by atoms with Gasteiger partial charge in [0.1, 0.15) is 5.82 Å². The van der Waals surface area contributed by atoms with Gasteiger partial charge in [-0.15, -0.1) is 0 Å². The number of methoxy groups -OCH3 is 1. The second-order valence-electron chi connectivity index (χ2n) is 6.79. The molecule has 5 nitrogen and oxygen atoms in total. The molecule has 2 aromatic rings. The molecule has 3 rings (SSSR count). The van der Waals surface area contributed by atoms with Gasteiger partial charge in [0.25, 0.3) is 0 Å². The monoisotopic (exact) mass is 344 g/mol. The quantitative estimate of drug-likeness (QED) is 0.833. The summed E-state index contributed by atoms with van der Waals surface area (Å²) < 4.78 is 19.3. The van der Waals surface area contributed by atoms with Crippen LogP contribution in [0, 0.1) is 25.6 Å². The average molecular weight is 344 g/mol. The zero-order valence-corrected chi connectivity index (χ0v) is 15.3. The fraction of sp³-hybridized carbons (Fsp3) is 0.526. The molecule has 3 heterocycles. The Morgan fingerprint density at radius 3 is 2.84 bits per heavy atom. The smallest absolute Gasteiger partial charge is 0.213 e. The van der Waals surface area contributed by atoms with Crippen LogP contribution in [0.4, 0.5) is 4.39 Å². The molecule has 1 saturated heterocycles. The van der Waals surface area contributed by atoms with Crippen LogP contribution < -0.4 is 4.74 Å². The Morgan fingerprint density at radius 2 is 2.12 bits per heavy atom. The van der Waals surface area contributed by atoms with Gasteiger partial charge in [0, 0.05) is 18.8 Å². The van der Waals surface area contributed by atoms with Crippen LogP contribution in [0.3, 0.4) is 0 Å². The zero-order valence-electron chi connectivity index (χ0n) is 15.3. The fourth-order valence-electron chi connectivity index (χ4n) is 3.50. The molecule has 0 bridgehead atoms. The van der Waals surface area contributed by atoms with Crippen LogP contribution in [0.2, 0.25) is 0 Å². The van der Waals surface area contributed by atoms with E-state index in [0.29, 0.717) is 17.5 Å². The number of pyridine rings is 1. The molecule has 25 heavy (non-hydrogen) atoms. The van der Waals surface area contributed by atoms with Gasteiger partial charge in [0.05, 0.1) is 35.9 Å². The first-order chi connectivity index (χ1) is 12.0. The third-order valence-corrected chi connectivity index (χ3v) is 4.97. The molecule has 0 aliphatic carbocycles. The van der Waals surface area contributed by atoms with Crippen molar-refractivity contribution in [1.29, 1.82) is 0 Å². The van der Waals surface area contributed by atoms with Crippen LogP contribution in [0.5, 0.6) is 5.88 Å². The van der Waals surface area contributed by atoms with Crippen molar-refractivity contribution in [2.75, 3.05) is 20.2 Å². The fourth-order valence-corrected chi connectivity index (χ4v) is 3.50. The maximum Gasteiger partial charge on any atom is 0.213 e. The number of hydrogen-bond donors (Lipinski definition) is 0. The van der Waals surface area contributed by atoms with Crippen LogP contribution in [0.25, 0.3) is 0 Å². The number of aryl methyl sites for hydroxylation is 2. The van der Waals surface area contributed by atoms with E-state index in [4.69, 9.17) is 4.74 Å². The lowest BCUT2D eigenvalue weighted by molar-refractivity contribution is 0.240. The van der Waals surface area contributed by atoms with Crippen molar-refractivity contribution >= 4 is 0 Å². The Hall–Kier alpha value is -2.08. The van der Waals surface area contributed by atoms with Gasteiger partial charge in [-0.25, -0.2) is 9.37 Å². The molecule has 0 aromatic carbocycles. The van der Waals surface area contributed by atoms with Crippen molar-refractivity contribution in [1.82, 2.24) is 19.9 Å². The minimum absolute atomic E-state index is 0.0784. The van der Waals surface area contributed by atoms with Gasteiger partial charge < -0.3 is 4.74 Å². The number of halogens is 1. The standard InChI is InChI=1S/C19H25FN4O/c1-12-10-21-17(13(2)22-12)9-15-7-8-24(11-15)14(3)19-16(20)5-6-18(23-19)25-4/h5-6,10,14-15H,7-9,11H2,1-4H3. The molecule has 2 unspecified atom stereocenters. The highest BCUT2D eigenvalue weighted by atomic mass is 19.1. The molecule has 0 amide bonds. The number of aromatic nitrogens is 3. The van der Waals surface area contributed by atoms with Crippen LogP contribution in [0.1, 0.15) is 42.2 Å². The van der Waals surface area contributed by atoms with Gasteiger partial charge in [-0.2, -0.15) is 0 Å². The molecule has 0 N–H and O–H groups in total. The number of ether oxygens (including phenoxy) is 1. The van der Waals surface area contributed by atoms with E-state index in [9.17, 15) is 4.39 Å². The highest BCUT2D eigenvalue weighted by molar-refractivity contribution is 5.20.